The van der Waals surface area contributed by atoms with Gasteiger partial charge in [0.05, 0.1) is 5.92 Å². The summed E-state index contributed by atoms with van der Waals surface area (Å²) in [6, 6.07) is -0.269. The van der Waals surface area contributed by atoms with Gasteiger partial charge in [0, 0.05) is 12.1 Å². The molecule has 0 bridgehead atoms. The van der Waals surface area contributed by atoms with Crippen LogP contribution in [0.15, 0.2) is 0 Å². The molecular formula is C10H18N2O3. The summed E-state index contributed by atoms with van der Waals surface area (Å²) in [5.41, 5.74) is -0.0605. The Labute approximate surface area is 89.2 Å². The molecule has 3 N–H and O–H groups in total. The van der Waals surface area contributed by atoms with Crippen LogP contribution in [0.5, 0.6) is 0 Å². The van der Waals surface area contributed by atoms with Gasteiger partial charge in [-0.15, -0.1) is 0 Å². The maximum Gasteiger partial charge on any atom is 0.315 e. The van der Waals surface area contributed by atoms with Crippen molar-refractivity contribution in [3.63, 3.8) is 0 Å². The van der Waals surface area contributed by atoms with E-state index in [9.17, 15) is 9.59 Å². The molecule has 0 heterocycles. The fourth-order valence-electron chi connectivity index (χ4n) is 1.25. The van der Waals surface area contributed by atoms with Crippen LogP contribution in [0.2, 0.25) is 0 Å². The minimum absolute atomic E-state index is 0.0605. The van der Waals surface area contributed by atoms with Gasteiger partial charge in [0.25, 0.3) is 0 Å². The van der Waals surface area contributed by atoms with E-state index in [1.807, 2.05) is 6.92 Å². The van der Waals surface area contributed by atoms with Gasteiger partial charge in [-0.2, -0.15) is 0 Å². The van der Waals surface area contributed by atoms with Crippen molar-refractivity contribution in [3.8, 4) is 0 Å². The molecule has 5 heteroatoms. The SMILES string of the molecule is CCC(CNC(=O)NC1(C)CC1)C(=O)O. The van der Waals surface area contributed by atoms with E-state index in [4.69, 9.17) is 5.11 Å². The molecule has 15 heavy (non-hydrogen) atoms. The van der Waals surface area contributed by atoms with Gasteiger partial charge in [0.2, 0.25) is 0 Å². The highest BCUT2D eigenvalue weighted by Gasteiger charge is 2.38. The minimum atomic E-state index is -0.865. The number of hydrogen-bond acceptors (Lipinski definition) is 2. The molecule has 0 saturated heterocycles. The fourth-order valence-corrected chi connectivity index (χ4v) is 1.25. The smallest absolute Gasteiger partial charge is 0.315 e. The molecule has 86 valence electrons. The third kappa shape index (κ3) is 3.77. The Morgan fingerprint density at radius 1 is 1.47 bits per heavy atom. The van der Waals surface area contributed by atoms with Crippen molar-refractivity contribution in [2.45, 2.75) is 38.6 Å². The molecule has 1 unspecified atom stereocenters. The Hall–Kier alpha value is -1.26. The molecule has 0 radical (unpaired) electrons. The maximum absolute atomic E-state index is 11.3. The molecule has 1 rings (SSSR count). The highest BCUT2D eigenvalue weighted by Crippen LogP contribution is 2.33. The number of carboxylic acids is 1. The lowest BCUT2D eigenvalue weighted by molar-refractivity contribution is -0.141. The predicted molar refractivity (Wildman–Crippen MR) is 55.6 cm³/mol. The van der Waals surface area contributed by atoms with Crippen molar-refractivity contribution in [1.29, 1.82) is 0 Å². The Morgan fingerprint density at radius 3 is 2.47 bits per heavy atom. The van der Waals surface area contributed by atoms with Crippen molar-refractivity contribution < 1.29 is 14.7 Å². The van der Waals surface area contributed by atoms with E-state index >= 15 is 0 Å². The molecule has 0 aromatic heterocycles. The van der Waals surface area contributed by atoms with Gasteiger partial charge < -0.3 is 15.7 Å². The van der Waals surface area contributed by atoms with Crippen LogP contribution in [0.1, 0.15) is 33.1 Å². The summed E-state index contributed by atoms with van der Waals surface area (Å²) >= 11 is 0. The molecule has 2 amide bonds. The van der Waals surface area contributed by atoms with Crippen LogP contribution in [0.25, 0.3) is 0 Å². The van der Waals surface area contributed by atoms with Crippen molar-refractivity contribution in [2.75, 3.05) is 6.54 Å². The van der Waals surface area contributed by atoms with E-state index in [0.717, 1.165) is 12.8 Å². The normalized spacial score (nSPS) is 19.1. The zero-order valence-electron chi connectivity index (χ0n) is 9.17. The van der Waals surface area contributed by atoms with Gasteiger partial charge in [-0.05, 0) is 26.2 Å². The van der Waals surface area contributed by atoms with Crippen LogP contribution < -0.4 is 10.6 Å². The molecule has 0 aromatic carbocycles. The van der Waals surface area contributed by atoms with E-state index in [2.05, 4.69) is 10.6 Å². The lowest BCUT2D eigenvalue weighted by Crippen LogP contribution is -2.44. The number of rotatable bonds is 5. The third-order valence-corrected chi connectivity index (χ3v) is 2.77. The zero-order chi connectivity index (χ0) is 11.5. The highest BCUT2D eigenvalue weighted by molar-refractivity contribution is 5.76. The van der Waals surface area contributed by atoms with Crippen LogP contribution >= 0.6 is 0 Å². The molecule has 0 aromatic rings. The lowest BCUT2D eigenvalue weighted by Gasteiger charge is -2.15. The first kappa shape index (κ1) is 11.8. The molecule has 1 fully saturated rings. The van der Waals surface area contributed by atoms with Crippen LogP contribution in [-0.2, 0) is 4.79 Å². The third-order valence-electron chi connectivity index (χ3n) is 2.77. The van der Waals surface area contributed by atoms with Crippen molar-refractivity contribution >= 4 is 12.0 Å². The Kier molecular flexibility index (Phi) is 3.55. The number of aliphatic carboxylic acids is 1. The van der Waals surface area contributed by atoms with Crippen molar-refractivity contribution in [1.82, 2.24) is 10.6 Å². The second-order valence-corrected chi connectivity index (χ2v) is 4.34. The van der Waals surface area contributed by atoms with Crippen molar-refractivity contribution in [2.24, 2.45) is 5.92 Å². The first-order chi connectivity index (χ1) is 6.97. The van der Waals surface area contributed by atoms with Gasteiger partial charge in [-0.3, -0.25) is 4.79 Å². The lowest BCUT2D eigenvalue weighted by atomic mass is 10.1. The second kappa shape index (κ2) is 4.51. The molecule has 0 spiro atoms. The number of carboxylic acid groups (broad SMARTS) is 1. The zero-order valence-corrected chi connectivity index (χ0v) is 9.17. The van der Waals surface area contributed by atoms with E-state index in [-0.39, 0.29) is 18.1 Å². The maximum atomic E-state index is 11.3. The Bertz CT molecular complexity index is 261. The first-order valence-electron chi connectivity index (χ1n) is 5.25. The minimum Gasteiger partial charge on any atom is -0.481 e. The quantitative estimate of drug-likeness (QED) is 0.637. The molecule has 5 nitrogen and oxygen atoms in total. The summed E-state index contributed by atoms with van der Waals surface area (Å²) in [7, 11) is 0. The van der Waals surface area contributed by atoms with Gasteiger partial charge in [-0.1, -0.05) is 6.92 Å². The standard InChI is InChI=1S/C10H18N2O3/c1-3-7(8(13)14)6-11-9(15)12-10(2)4-5-10/h7H,3-6H2,1-2H3,(H,13,14)(H2,11,12,15). The summed E-state index contributed by atoms with van der Waals surface area (Å²) in [6.45, 7) is 3.95. The van der Waals surface area contributed by atoms with Crippen LogP contribution in [0, 0.1) is 5.92 Å². The fraction of sp³-hybridized carbons (Fsp3) is 0.800. The summed E-state index contributed by atoms with van der Waals surface area (Å²) in [4.78, 5) is 22.0. The van der Waals surface area contributed by atoms with Crippen LogP contribution in [0.3, 0.4) is 0 Å². The number of nitrogens with one attached hydrogen (secondary N) is 2. The van der Waals surface area contributed by atoms with Gasteiger partial charge in [-0.25, -0.2) is 4.79 Å². The van der Waals surface area contributed by atoms with Crippen LogP contribution in [0.4, 0.5) is 4.79 Å². The molecule has 1 aliphatic carbocycles. The van der Waals surface area contributed by atoms with E-state index in [1.54, 1.807) is 6.92 Å². The Morgan fingerprint density at radius 2 is 2.07 bits per heavy atom. The number of urea groups is 1. The van der Waals surface area contributed by atoms with Crippen LogP contribution in [-0.4, -0.2) is 29.2 Å². The molecule has 1 saturated carbocycles. The largest absolute Gasteiger partial charge is 0.481 e. The van der Waals surface area contributed by atoms with Gasteiger partial charge in [0.1, 0.15) is 0 Å². The number of amides is 2. The number of hydrogen-bond donors (Lipinski definition) is 3. The monoisotopic (exact) mass is 214 g/mol. The van der Waals surface area contributed by atoms with Gasteiger partial charge >= 0.3 is 12.0 Å². The van der Waals surface area contributed by atoms with E-state index in [0.29, 0.717) is 6.42 Å². The number of carbonyl (C=O) groups is 2. The Balaban J connectivity index is 2.23. The summed E-state index contributed by atoms with van der Waals surface area (Å²) in [5, 5.41) is 14.1. The average molecular weight is 214 g/mol. The molecule has 1 aliphatic rings. The summed E-state index contributed by atoms with van der Waals surface area (Å²) in [5.74, 6) is -1.36. The van der Waals surface area contributed by atoms with E-state index < -0.39 is 11.9 Å². The van der Waals surface area contributed by atoms with E-state index in [1.165, 1.54) is 0 Å². The van der Waals surface area contributed by atoms with Gasteiger partial charge in [0.15, 0.2) is 0 Å². The first-order valence-corrected chi connectivity index (χ1v) is 5.25. The summed E-state index contributed by atoms with van der Waals surface area (Å²) in [6.07, 6.45) is 2.51. The number of carbonyl (C=O) groups excluding carboxylic acids is 1. The predicted octanol–water partition coefficient (Wildman–Crippen LogP) is 0.949. The highest BCUT2D eigenvalue weighted by atomic mass is 16.4. The summed E-state index contributed by atoms with van der Waals surface area (Å²) < 4.78 is 0. The van der Waals surface area contributed by atoms with Crippen molar-refractivity contribution in [3.05, 3.63) is 0 Å². The topological polar surface area (TPSA) is 78.4 Å². The molecular weight excluding hydrogens is 196 g/mol. The molecule has 0 aliphatic heterocycles. The second-order valence-electron chi connectivity index (χ2n) is 4.34. The molecule has 1 atom stereocenters. The average Bonchev–Trinajstić information content (AvgIpc) is 2.83.